The van der Waals surface area contributed by atoms with Crippen LogP contribution in [0.1, 0.15) is 18.9 Å². The first-order chi connectivity index (χ1) is 6.08. The summed E-state index contributed by atoms with van der Waals surface area (Å²) in [5.41, 5.74) is 6.60. The van der Waals surface area contributed by atoms with Crippen molar-refractivity contribution in [1.29, 1.82) is 0 Å². The normalized spacial score (nSPS) is 12.9. The largest absolute Gasteiger partial charge is 0.328 e. The van der Waals surface area contributed by atoms with Crippen LogP contribution in [0.4, 0.5) is 4.39 Å². The number of nitrogens with two attached hydrogens (primary N) is 1. The molecule has 0 heterocycles. The third-order valence-electron chi connectivity index (χ3n) is 1.81. The SMILES string of the molecule is C[C@H](N)CCc1cc(F)cc(Br)c1. The second kappa shape index (κ2) is 4.72. The molecule has 0 aliphatic carbocycles. The van der Waals surface area contributed by atoms with Crippen molar-refractivity contribution in [3.8, 4) is 0 Å². The lowest BCUT2D eigenvalue weighted by Gasteiger charge is -2.05. The summed E-state index contributed by atoms with van der Waals surface area (Å²) in [7, 11) is 0. The fraction of sp³-hybridized carbons (Fsp3) is 0.400. The van der Waals surface area contributed by atoms with Crippen molar-refractivity contribution in [3.05, 3.63) is 34.1 Å². The van der Waals surface area contributed by atoms with Gasteiger partial charge in [0.2, 0.25) is 0 Å². The molecule has 1 nitrogen and oxygen atoms in total. The summed E-state index contributed by atoms with van der Waals surface area (Å²) in [5, 5.41) is 0. The highest BCUT2D eigenvalue weighted by Gasteiger charge is 2.00. The Morgan fingerprint density at radius 2 is 2.15 bits per heavy atom. The van der Waals surface area contributed by atoms with Crippen molar-refractivity contribution in [2.24, 2.45) is 5.73 Å². The smallest absolute Gasteiger partial charge is 0.124 e. The molecule has 0 saturated heterocycles. The topological polar surface area (TPSA) is 26.0 Å². The lowest BCUT2D eigenvalue weighted by atomic mass is 10.1. The van der Waals surface area contributed by atoms with E-state index in [1.807, 2.05) is 13.0 Å². The molecule has 3 heteroatoms. The summed E-state index contributed by atoms with van der Waals surface area (Å²) in [5.74, 6) is -0.200. The summed E-state index contributed by atoms with van der Waals surface area (Å²) >= 11 is 3.25. The highest BCUT2D eigenvalue weighted by Crippen LogP contribution is 2.16. The molecule has 0 bridgehead atoms. The monoisotopic (exact) mass is 245 g/mol. The molecule has 1 aromatic carbocycles. The molecule has 1 aromatic rings. The highest BCUT2D eigenvalue weighted by atomic mass is 79.9. The van der Waals surface area contributed by atoms with Crippen LogP contribution < -0.4 is 5.73 Å². The third kappa shape index (κ3) is 3.87. The van der Waals surface area contributed by atoms with Crippen LogP contribution in [-0.2, 0) is 6.42 Å². The molecule has 1 rings (SSSR count). The summed E-state index contributed by atoms with van der Waals surface area (Å²) in [6.07, 6.45) is 1.71. The van der Waals surface area contributed by atoms with Crippen LogP contribution in [0, 0.1) is 5.82 Å². The Hall–Kier alpha value is -0.410. The van der Waals surface area contributed by atoms with Crippen LogP contribution in [0.5, 0.6) is 0 Å². The molecule has 0 radical (unpaired) electrons. The van der Waals surface area contributed by atoms with Gasteiger partial charge >= 0.3 is 0 Å². The second-order valence-electron chi connectivity index (χ2n) is 3.29. The fourth-order valence-electron chi connectivity index (χ4n) is 1.15. The Balaban J connectivity index is 2.66. The molecule has 0 unspecified atom stereocenters. The van der Waals surface area contributed by atoms with Crippen LogP contribution in [-0.4, -0.2) is 6.04 Å². The molecule has 0 aliphatic heterocycles. The van der Waals surface area contributed by atoms with Crippen molar-refractivity contribution in [3.63, 3.8) is 0 Å². The van der Waals surface area contributed by atoms with Crippen LogP contribution in [0.15, 0.2) is 22.7 Å². The van der Waals surface area contributed by atoms with Gasteiger partial charge < -0.3 is 5.73 Å². The van der Waals surface area contributed by atoms with E-state index in [2.05, 4.69) is 15.9 Å². The Labute approximate surface area is 86.3 Å². The number of halogens is 2. The number of aryl methyl sites for hydroxylation is 1. The van der Waals surface area contributed by atoms with E-state index in [9.17, 15) is 4.39 Å². The number of rotatable bonds is 3. The zero-order valence-corrected chi connectivity index (χ0v) is 9.14. The van der Waals surface area contributed by atoms with Crippen molar-refractivity contribution in [2.75, 3.05) is 0 Å². The van der Waals surface area contributed by atoms with E-state index in [0.29, 0.717) is 0 Å². The molecule has 0 fully saturated rings. The average molecular weight is 246 g/mol. The summed E-state index contributed by atoms with van der Waals surface area (Å²) in [4.78, 5) is 0. The number of benzene rings is 1. The quantitative estimate of drug-likeness (QED) is 0.871. The summed E-state index contributed by atoms with van der Waals surface area (Å²) in [6.45, 7) is 1.95. The summed E-state index contributed by atoms with van der Waals surface area (Å²) in [6, 6.07) is 5.09. The van der Waals surface area contributed by atoms with Crippen LogP contribution in [0.3, 0.4) is 0 Å². The number of hydrogen-bond acceptors (Lipinski definition) is 1. The minimum absolute atomic E-state index is 0.169. The van der Waals surface area contributed by atoms with Gasteiger partial charge in [0.1, 0.15) is 5.82 Å². The van der Waals surface area contributed by atoms with Gasteiger partial charge in [-0.25, -0.2) is 4.39 Å². The van der Waals surface area contributed by atoms with Crippen LogP contribution in [0.2, 0.25) is 0 Å². The molecule has 0 aromatic heterocycles. The fourth-order valence-corrected chi connectivity index (χ4v) is 1.66. The van der Waals surface area contributed by atoms with Gasteiger partial charge in [-0.05, 0) is 43.5 Å². The lowest BCUT2D eigenvalue weighted by Crippen LogP contribution is -2.15. The first-order valence-electron chi connectivity index (χ1n) is 4.28. The second-order valence-corrected chi connectivity index (χ2v) is 4.21. The van der Waals surface area contributed by atoms with Gasteiger partial charge in [-0.15, -0.1) is 0 Å². The molecular formula is C10H13BrFN. The molecule has 0 aliphatic rings. The highest BCUT2D eigenvalue weighted by molar-refractivity contribution is 9.10. The first-order valence-corrected chi connectivity index (χ1v) is 5.08. The molecule has 13 heavy (non-hydrogen) atoms. The van der Waals surface area contributed by atoms with E-state index in [0.717, 1.165) is 22.9 Å². The molecule has 1 atom stereocenters. The van der Waals surface area contributed by atoms with Crippen LogP contribution >= 0.6 is 15.9 Å². The minimum atomic E-state index is -0.200. The Morgan fingerprint density at radius 1 is 1.46 bits per heavy atom. The van der Waals surface area contributed by atoms with Gasteiger partial charge in [0.25, 0.3) is 0 Å². The predicted octanol–water partition coefficient (Wildman–Crippen LogP) is 2.87. The van der Waals surface area contributed by atoms with Gasteiger partial charge in [-0.3, -0.25) is 0 Å². The van der Waals surface area contributed by atoms with Crippen molar-refractivity contribution in [2.45, 2.75) is 25.8 Å². The lowest BCUT2D eigenvalue weighted by molar-refractivity contribution is 0.619. The van der Waals surface area contributed by atoms with Gasteiger partial charge in [-0.2, -0.15) is 0 Å². The van der Waals surface area contributed by atoms with E-state index in [-0.39, 0.29) is 11.9 Å². The molecule has 0 saturated carbocycles. The predicted molar refractivity (Wildman–Crippen MR) is 56.1 cm³/mol. The van der Waals surface area contributed by atoms with Crippen molar-refractivity contribution in [1.82, 2.24) is 0 Å². The Bertz CT molecular complexity index is 266. The minimum Gasteiger partial charge on any atom is -0.328 e. The van der Waals surface area contributed by atoms with E-state index >= 15 is 0 Å². The average Bonchev–Trinajstić information content (AvgIpc) is 1.99. The standard InChI is InChI=1S/C10H13BrFN/c1-7(13)2-3-8-4-9(11)6-10(12)5-8/h4-7H,2-3,13H2,1H3/t7-/m0/s1. The zero-order valence-electron chi connectivity index (χ0n) is 7.56. The van der Waals surface area contributed by atoms with Gasteiger partial charge in [-0.1, -0.05) is 15.9 Å². The van der Waals surface area contributed by atoms with Crippen LogP contribution in [0.25, 0.3) is 0 Å². The van der Waals surface area contributed by atoms with E-state index < -0.39 is 0 Å². The molecule has 0 amide bonds. The van der Waals surface area contributed by atoms with Gasteiger partial charge in [0.05, 0.1) is 0 Å². The van der Waals surface area contributed by atoms with E-state index in [1.54, 1.807) is 6.07 Å². The van der Waals surface area contributed by atoms with Gasteiger partial charge in [0.15, 0.2) is 0 Å². The van der Waals surface area contributed by atoms with E-state index in [1.165, 1.54) is 6.07 Å². The van der Waals surface area contributed by atoms with Gasteiger partial charge in [0, 0.05) is 10.5 Å². The first kappa shape index (κ1) is 10.7. The Kier molecular flexibility index (Phi) is 3.88. The molecule has 2 N–H and O–H groups in total. The maximum atomic E-state index is 12.9. The zero-order chi connectivity index (χ0) is 9.84. The maximum absolute atomic E-state index is 12.9. The van der Waals surface area contributed by atoms with Crippen molar-refractivity contribution >= 4 is 15.9 Å². The number of hydrogen-bond donors (Lipinski definition) is 1. The third-order valence-corrected chi connectivity index (χ3v) is 2.27. The molecular weight excluding hydrogens is 233 g/mol. The Morgan fingerprint density at radius 3 is 2.69 bits per heavy atom. The molecule has 0 spiro atoms. The molecule has 72 valence electrons. The van der Waals surface area contributed by atoms with E-state index in [4.69, 9.17) is 5.73 Å². The maximum Gasteiger partial charge on any atom is 0.124 e. The van der Waals surface area contributed by atoms with Crippen molar-refractivity contribution < 1.29 is 4.39 Å². The summed E-state index contributed by atoms with van der Waals surface area (Å²) < 4.78 is 13.7.